The number of nitrogens with zero attached hydrogens (tertiary/aromatic N) is 1. The van der Waals surface area contributed by atoms with Crippen molar-refractivity contribution in [2.24, 2.45) is 0 Å². The molecule has 0 bridgehead atoms. The molecule has 4 aromatic rings. The number of carbonyl (C=O) groups excluding carboxylic acids is 2. The molecule has 1 amide bonds. The summed E-state index contributed by atoms with van der Waals surface area (Å²) in [6.45, 7) is 0. The Morgan fingerprint density at radius 1 is 1.09 bits per heavy atom. The second kappa shape index (κ2) is 8.89. The number of hydrogen-bond donors (Lipinski definition) is 1. The van der Waals surface area contributed by atoms with Gasteiger partial charge in [-0.3, -0.25) is 9.78 Å². The summed E-state index contributed by atoms with van der Waals surface area (Å²) in [4.78, 5) is 41.7. The number of aromatic nitrogens is 1. The number of amides is 1. The van der Waals surface area contributed by atoms with E-state index in [2.05, 4.69) is 10.3 Å². The highest BCUT2D eigenvalue weighted by atomic mass is 16.5. The van der Waals surface area contributed by atoms with Crippen molar-refractivity contribution in [2.75, 3.05) is 14.2 Å². The fourth-order valence-corrected chi connectivity index (χ4v) is 3.50. The van der Waals surface area contributed by atoms with E-state index in [4.69, 9.17) is 13.9 Å². The van der Waals surface area contributed by atoms with Gasteiger partial charge in [-0.15, -0.1) is 0 Å². The van der Waals surface area contributed by atoms with Crippen molar-refractivity contribution in [1.29, 1.82) is 0 Å². The molecule has 0 saturated carbocycles. The first-order valence-electron chi connectivity index (χ1n) is 9.83. The predicted molar refractivity (Wildman–Crippen MR) is 118 cm³/mol. The van der Waals surface area contributed by atoms with Crippen LogP contribution in [-0.4, -0.2) is 37.1 Å². The molecule has 0 spiro atoms. The van der Waals surface area contributed by atoms with E-state index in [9.17, 15) is 14.4 Å². The number of benzene rings is 2. The van der Waals surface area contributed by atoms with Crippen LogP contribution in [0.3, 0.4) is 0 Å². The van der Waals surface area contributed by atoms with Crippen molar-refractivity contribution >= 4 is 33.7 Å². The highest BCUT2D eigenvalue weighted by Gasteiger charge is 2.24. The molecule has 2 heterocycles. The van der Waals surface area contributed by atoms with E-state index in [1.807, 2.05) is 24.3 Å². The topological polar surface area (TPSA) is 108 Å². The summed E-state index contributed by atoms with van der Waals surface area (Å²) >= 11 is 0. The normalized spacial score (nSPS) is 11.8. The molecule has 2 aromatic heterocycles. The second-order valence-corrected chi connectivity index (χ2v) is 7.12. The smallest absolute Gasteiger partial charge is 0.336 e. The Hall–Kier alpha value is -4.20. The molecule has 0 unspecified atom stereocenters. The van der Waals surface area contributed by atoms with E-state index in [0.717, 1.165) is 10.9 Å². The first kappa shape index (κ1) is 21.0. The fraction of sp³-hybridized carbons (Fsp3) is 0.167. The van der Waals surface area contributed by atoms with Gasteiger partial charge in [-0.2, -0.15) is 0 Å². The van der Waals surface area contributed by atoms with E-state index < -0.39 is 23.5 Å². The maximum Gasteiger partial charge on any atom is 0.336 e. The number of para-hydroxylation sites is 1. The largest absolute Gasteiger partial charge is 0.497 e. The molecule has 0 fully saturated rings. The molecule has 0 radical (unpaired) electrons. The first-order chi connectivity index (χ1) is 15.5. The van der Waals surface area contributed by atoms with Crippen LogP contribution < -0.4 is 15.7 Å². The average molecular weight is 432 g/mol. The Bertz CT molecular complexity index is 1380. The number of esters is 1. The molecule has 0 saturated heterocycles. The number of nitrogens with one attached hydrogen (secondary N) is 1. The van der Waals surface area contributed by atoms with Gasteiger partial charge >= 0.3 is 11.6 Å². The van der Waals surface area contributed by atoms with Gasteiger partial charge in [0.15, 0.2) is 0 Å². The van der Waals surface area contributed by atoms with E-state index in [0.29, 0.717) is 27.8 Å². The summed E-state index contributed by atoms with van der Waals surface area (Å²) in [6.07, 6.45) is 1.48. The van der Waals surface area contributed by atoms with Crippen LogP contribution in [0.4, 0.5) is 0 Å². The van der Waals surface area contributed by atoms with Crippen LogP contribution in [0.15, 0.2) is 70.0 Å². The molecule has 32 heavy (non-hydrogen) atoms. The molecule has 4 rings (SSSR count). The Morgan fingerprint density at radius 3 is 2.69 bits per heavy atom. The summed E-state index contributed by atoms with van der Waals surface area (Å²) in [5, 5.41) is 4.12. The van der Waals surface area contributed by atoms with Gasteiger partial charge in [-0.1, -0.05) is 18.2 Å². The van der Waals surface area contributed by atoms with E-state index in [-0.39, 0.29) is 6.42 Å². The molecule has 1 atom stereocenters. The first-order valence-corrected chi connectivity index (χ1v) is 9.83. The minimum atomic E-state index is -1.02. The third-order valence-corrected chi connectivity index (χ3v) is 5.11. The predicted octanol–water partition coefficient (Wildman–Crippen LogP) is 2.86. The number of hydrogen-bond acceptors (Lipinski definition) is 7. The quantitative estimate of drug-likeness (QED) is 0.369. The van der Waals surface area contributed by atoms with Gasteiger partial charge in [0.2, 0.25) is 0 Å². The molecule has 8 heteroatoms. The molecular weight excluding hydrogens is 412 g/mol. The van der Waals surface area contributed by atoms with Gasteiger partial charge in [0.1, 0.15) is 17.4 Å². The molecule has 2 aromatic carbocycles. The van der Waals surface area contributed by atoms with Crippen molar-refractivity contribution < 1.29 is 23.5 Å². The minimum Gasteiger partial charge on any atom is -0.497 e. The monoisotopic (exact) mass is 432 g/mol. The zero-order valence-corrected chi connectivity index (χ0v) is 17.5. The van der Waals surface area contributed by atoms with Gasteiger partial charge < -0.3 is 19.2 Å². The number of fused-ring (bicyclic) bond motifs is 2. The molecule has 0 aliphatic rings. The average Bonchev–Trinajstić information content (AvgIpc) is 2.82. The van der Waals surface area contributed by atoms with E-state index >= 15 is 0 Å². The highest BCUT2D eigenvalue weighted by Crippen LogP contribution is 2.23. The Balaban J connectivity index is 1.65. The molecule has 0 aliphatic carbocycles. The molecule has 162 valence electrons. The number of pyridine rings is 1. The fourth-order valence-electron chi connectivity index (χ4n) is 3.50. The van der Waals surface area contributed by atoms with Crippen LogP contribution in [0, 0.1) is 0 Å². The summed E-state index contributed by atoms with van der Waals surface area (Å²) in [5.41, 5.74) is 1.34. The maximum atomic E-state index is 12.9. The van der Waals surface area contributed by atoms with Gasteiger partial charge in [0.05, 0.1) is 25.3 Å². The van der Waals surface area contributed by atoms with Gasteiger partial charge in [-0.05, 0) is 29.8 Å². The third-order valence-electron chi connectivity index (χ3n) is 5.11. The van der Waals surface area contributed by atoms with Crippen molar-refractivity contribution in [3.8, 4) is 5.75 Å². The minimum absolute atomic E-state index is 0.0356. The number of methoxy groups -OCH3 is 2. The summed E-state index contributed by atoms with van der Waals surface area (Å²) in [5.74, 6) is -0.589. The second-order valence-electron chi connectivity index (χ2n) is 7.12. The summed E-state index contributed by atoms with van der Waals surface area (Å²) in [6, 6.07) is 14.4. The Morgan fingerprint density at radius 2 is 1.91 bits per heavy atom. The number of carbonyl (C=O) groups is 2. The van der Waals surface area contributed by atoms with Gasteiger partial charge in [-0.25, -0.2) is 9.59 Å². The van der Waals surface area contributed by atoms with E-state index in [1.54, 1.807) is 24.3 Å². The van der Waals surface area contributed by atoms with Crippen LogP contribution in [0.5, 0.6) is 5.75 Å². The van der Waals surface area contributed by atoms with Crippen LogP contribution in [-0.2, 0) is 16.0 Å². The molecular formula is C24H20N2O6. The van der Waals surface area contributed by atoms with Gasteiger partial charge in [0.25, 0.3) is 5.91 Å². The van der Waals surface area contributed by atoms with Crippen molar-refractivity contribution in [1.82, 2.24) is 10.3 Å². The SMILES string of the molecule is COC(=O)[C@H](Cc1cc(=O)oc2cc(OC)ccc12)NC(=O)c1cnc2ccccc2c1. The lowest BCUT2D eigenvalue weighted by Gasteiger charge is -2.17. The van der Waals surface area contributed by atoms with Crippen molar-refractivity contribution in [2.45, 2.75) is 12.5 Å². The van der Waals surface area contributed by atoms with Crippen LogP contribution in [0.25, 0.3) is 21.9 Å². The van der Waals surface area contributed by atoms with Crippen LogP contribution in [0.2, 0.25) is 0 Å². The van der Waals surface area contributed by atoms with Crippen molar-refractivity contribution in [3.63, 3.8) is 0 Å². The summed E-state index contributed by atoms with van der Waals surface area (Å²) < 4.78 is 15.3. The molecule has 8 nitrogen and oxygen atoms in total. The lowest BCUT2D eigenvalue weighted by molar-refractivity contribution is -0.142. The lowest BCUT2D eigenvalue weighted by atomic mass is 10.0. The van der Waals surface area contributed by atoms with Crippen LogP contribution in [0.1, 0.15) is 15.9 Å². The highest BCUT2D eigenvalue weighted by molar-refractivity contribution is 5.99. The number of rotatable bonds is 6. The Labute approximate surface area is 182 Å². The maximum absolute atomic E-state index is 12.9. The lowest BCUT2D eigenvalue weighted by Crippen LogP contribution is -2.43. The summed E-state index contributed by atoms with van der Waals surface area (Å²) in [7, 11) is 2.75. The zero-order chi connectivity index (χ0) is 22.7. The number of ether oxygens (including phenoxy) is 2. The van der Waals surface area contributed by atoms with E-state index in [1.165, 1.54) is 26.5 Å². The third kappa shape index (κ3) is 4.29. The Kier molecular flexibility index (Phi) is 5.85. The van der Waals surface area contributed by atoms with Crippen molar-refractivity contribution in [3.05, 3.63) is 82.3 Å². The van der Waals surface area contributed by atoms with Crippen LogP contribution >= 0.6 is 0 Å². The van der Waals surface area contributed by atoms with Gasteiger partial charge in [0, 0.05) is 35.5 Å². The molecule has 1 N–H and O–H groups in total. The zero-order valence-electron chi connectivity index (χ0n) is 17.5. The molecule has 0 aliphatic heterocycles. The standard InChI is InChI=1S/C24H20N2O6/c1-30-17-7-8-18-15(11-22(27)32-21(18)12-17)10-20(24(29)31-2)26-23(28)16-9-14-5-3-4-6-19(14)25-13-16/h3-9,11-13,20H,10H2,1-2H3,(H,26,28)/t20-/m0/s1.